The normalized spacial score (nSPS) is 10.9. The fraction of sp³-hybridized carbons (Fsp3) is 0.158. The molecular formula is C19H19N7O2S. The molecule has 1 aromatic carbocycles. The molecule has 9 nitrogen and oxygen atoms in total. The third kappa shape index (κ3) is 5.47. The Hall–Kier alpha value is -3.55. The summed E-state index contributed by atoms with van der Waals surface area (Å²) in [6, 6.07) is 15.2. The molecule has 0 fully saturated rings. The number of aromatic nitrogens is 3. The van der Waals surface area contributed by atoms with Gasteiger partial charge in [0.2, 0.25) is 10.0 Å². The van der Waals surface area contributed by atoms with E-state index in [1.54, 1.807) is 30.5 Å². The number of nitriles is 1. The number of rotatable bonds is 8. The highest BCUT2D eigenvalue weighted by molar-refractivity contribution is 7.89. The van der Waals surface area contributed by atoms with Gasteiger partial charge in [-0.1, -0.05) is 18.2 Å². The summed E-state index contributed by atoms with van der Waals surface area (Å²) in [6.07, 6.45) is 1.75. The van der Waals surface area contributed by atoms with Crippen molar-refractivity contribution in [2.75, 3.05) is 23.7 Å². The van der Waals surface area contributed by atoms with Crippen LogP contribution in [0.2, 0.25) is 0 Å². The number of sulfonamides is 1. The van der Waals surface area contributed by atoms with Crippen LogP contribution in [0.4, 0.5) is 17.5 Å². The molecule has 0 atom stereocenters. The molecule has 3 N–H and O–H groups in total. The van der Waals surface area contributed by atoms with Crippen molar-refractivity contribution in [1.29, 1.82) is 5.26 Å². The maximum absolute atomic E-state index is 12.3. The molecular weight excluding hydrogens is 390 g/mol. The van der Waals surface area contributed by atoms with Crippen molar-refractivity contribution in [1.82, 2.24) is 19.9 Å². The Kier molecular flexibility index (Phi) is 6.33. The minimum absolute atomic E-state index is 0.0394. The van der Waals surface area contributed by atoms with E-state index in [0.29, 0.717) is 24.0 Å². The Morgan fingerprint density at radius 1 is 0.966 bits per heavy atom. The van der Waals surface area contributed by atoms with Gasteiger partial charge in [-0.25, -0.2) is 18.1 Å². The lowest BCUT2D eigenvalue weighted by Crippen LogP contribution is -2.29. The van der Waals surface area contributed by atoms with Crippen LogP contribution in [0.25, 0.3) is 0 Å². The minimum atomic E-state index is -3.77. The highest BCUT2D eigenvalue weighted by Gasteiger charge is 2.17. The summed E-state index contributed by atoms with van der Waals surface area (Å²) in [4.78, 5) is 4.20. The first-order chi connectivity index (χ1) is 14.0. The highest BCUT2D eigenvalue weighted by Crippen LogP contribution is 2.14. The number of nitrogens with zero attached hydrogens (tertiary/aromatic N) is 4. The van der Waals surface area contributed by atoms with Crippen molar-refractivity contribution in [2.24, 2.45) is 0 Å². The van der Waals surface area contributed by atoms with Crippen molar-refractivity contribution in [3.8, 4) is 6.07 Å². The molecule has 0 spiro atoms. The van der Waals surface area contributed by atoms with Crippen molar-refractivity contribution in [3.63, 3.8) is 0 Å². The maximum atomic E-state index is 12.3. The average molecular weight is 409 g/mol. The summed E-state index contributed by atoms with van der Waals surface area (Å²) in [5.74, 6) is 1.71. The molecule has 0 saturated heterocycles. The Morgan fingerprint density at radius 3 is 2.38 bits per heavy atom. The second-order valence-electron chi connectivity index (χ2n) is 6.08. The van der Waals surface area contributed by atoms with Crippen LogP contribution < -0.4 is 15.4 Å². The third-order valence-corrected chi connectivity index (χ3v) is 5.37. The fourth-order valence-corrected chi connectivity index (χ4v) is 3.60. The highest BCUT2D eigenvalue weighted by atomic mass is 32.2. The van der Waals surface area contributed by atoms with E-state index >= 15 is 0 Å². The Balaban J connectivity index is 1.50. The van der Waals surface area contributed by atoms with E-state index in [9.17, 15) is 8.42 Å². The molecule has 0 unspecified atom stereocenters. The van der Waals surface area contributed by atoms with Gasteiger partial charge in [0.25, 0.3) is 0 Å². The second kappa shape index (κ2) is 9.09. The number of aryl methyl sites for hydroxylation is 1. The molecule has 0 saturated carbocycles. The zero-order chi connectivity index (χ0) is 20.7. The molecule has 2 heterocycles. The zero-order valence-corrected chi connectivity index (χ0v) is 16.4. The number of hydrogen-bond donors (Lipinski definition) is 3. The van der Waals surface area contributed by atoms with E-state index in [-0.39, 0.29) is 17.0 Å². The topological polar surface area (TPSA) is 133 Å². The van der Waals surface area contributed by atoms with Gasteiger partial charge >= 0.3 is 0 Å². The molecule has 0 bridgehead atoms. The maximum Gasteiger partial charge on any atom is 0.241 e. The van der Waals surface area contributed by atoms with Crippen LogP contribution in [0.15, 0.2) is 59.6 Å². The lowest BCUT2D eigenvalue weighted by Gasteiger charge is -2.09. The van der Waals surface area contributed by atoms with Crippen LogP contribution in [0.3, 0.4) is 0 Å². The molecule has 3 rings (SSSR count). The standard InChI is InChI=1S/C19H19N7O2S/c1-14-6-7-17(22-13-14)24-19-9-8-18(25-26-19)21-10-11-23-29(27,28)16-5-3-2-4-15(16)12-20/h2-9,13,23H,10-11H2,1H3,(H,21,25)(H,22,24,26). The van der Waals surface area contributed by atoms with Gasteiger partial charge in [-0.15, -0.1) is 10.2 Å². The van der Waals surface area contributed by atoms with Gasteiger partial charge in [0.15, 0.2) is 5.82 Å². The van der Waals surface area contributed by atoms with E-state index in [0.717, 1.165) is 5.56 Å². The van der Waals surface area contributed by atoms with Gasteiger partial charge in [-0.3, -0.25) is 0 Å². The molecule has 29 heavy (non-hydrogen) atoms. The number of anilines is 3. The first-order valence-corrected chi connectivity index (χ1v) is 10.2. The van der Waals surface area contributed by atoms with Crippen molar-refractivity contribution in [2.45, 2.75) is 11.8 Å². The summed E-state index contributed by atoms with van der Waals surface area (Å²) < 4.78 is 27.1. The molecule has 10 heteroatoms. The van der Waals surface area contributed by atoms with Gasteiger partial charge in [0, 0.05) is 19.3 Å². The first kappa shape index (κ1) is 20.2. The fourth-order valence-electron chi connectivity index (χ4n) is 2.41. The predicted octanol–water partition coefficient (Wildman–Crippen LogP) is 2.19. The number of pyridine rings is 1. The largest absolute Gasteiger partial charge is 0.367 e. The van der Waals surface area contributed by atoms with Gasteiger partial charge in [-0.05, 0) is 42.8 Å². The van der Waals surface area contributed by atoms with E-state index in [2.05, 4.69) is 30.5 Å². The lowest BCUT2D eigenvalue weighted by atomic mass is 10.2. The van der Waals surface area contributed by atoms with Gasteiger partial charge in [0.1, 0.15) is 17.7 Å². The number of hydrogen-bond acceptors (Lipinski definition) is 8. The van der Waals surface area contributed by atoms with Gasteiger partial charge < -0.3 is 10.6 Å². The van der Waals surface area contributed by atoms with Gasteiger partial charge in [-0.2, -0.15) is 5.26 Å². The van der Waals surface area contributed by atoms with Gasteiger partial charge in [0.05, 0.1) is 10.5 Å². The van der Waals surface area contributed by atoms with Crippen LogP contribution in [-0.4, -0.2) is 36.7 Å². The molecule has 0 amide bonds. The van der Waals surface area contributed by atoms with Crippen LogP contribution in [-0.2, 0) is 10.0 Å². The molecule has 2 aromatic heterocycles. The average Bonchev–Trinajstić information content (AvgIpc) is 2.74. The predicted molar refractivity (Wildman–Crippen MR) is 109 cm³/mol. The molecule has 0 aliphatic heterocycles. The van der Waals surface area contributed by atoms with Crippen LogP contribution in [0, 0.1) is 18.3 Å². The lowest BCUT2D eigenvalue weighted by molar-refractivity contribution is 0.582. The minimum Gasteiger partial charge on any atom is -0.367 e. The summed E-state index contributed by atoms with van der Waals surface area (Å²) in [5, 5.41) is 23.2. The Morgan fingerprint density at radius 2 is 1.69 bits per heavy atom. The van der Waals surface area contributed by atoms with E-state index in [4.69, 9.17) is 5.26 Å². The van der Waals surface area contributed by atoms with E-state index < -0.39 is 10.0 Å². The number of benzene rings is 1. The zero-order valence-electron chi connectivity index (χ0n) is 15.6. The third-order valence-electron chi connectivity index (χ3n) is 3.85. The second-order valence-corrected chi connectivity index (χ2v) is 7.82. The van der Waals surface area contributed by atoms with Crippen LogP contribution in [0.1, 0.15) is 11.1 Å². The quantitative estimate of drug-likeness (QED) is 0.482. The Labute approximate surface area is 168 Å². The van der Waals surface area contributed by atoms with E-state index in [1.807, 2.05) is 25.1 Å². The van der Waals surface area contributed by atoms with E-state index in [1.165, 1.54) is 12.1 Å². The van der Waals surface area contributed by atoms with Crippen molar-refractivity contribution >= 4 is 27.5 Å². The van der Waals surface area contributed by atoms with Crippen molar-refractivity contribution < 1.29 is 8.42 Å². The van der Waals surface area contributed by atoms with Crippen LogP contribution in [0.5, 0.6) is 0 Å². The molecule has 0 aliphatic carbocycles. The summed E-state index contributed by atoms with van der Waals surface area (Å²) in [5.41, 5.74) is 1.16. The smallest absolute Gasteiger partial charge is 0.241 e. The summed E-state index contributed by atoms with van der Waals surface area (Å²) in [6.45, 7) is 2.38. The summed E-state index contributed by atoms with van der Waals surface area (Å²) >= 11 is 0. The van der Waals surface area contributed by atoms with Crippen LogP contribution >= 0.6 is 0 Å². The van der Waals surface area contributed by atoms with Crippen molar-refractivity contribution in [3.05, 3.63) is 65.9 Å². The molecule has 0 radical (unpaired) electrons. The number of nitrogens with one attached hydrogen (secondary N) is 3. The monoisotopic (exact) mass is 409 g/mol. The molecule has 3 aromatic rings. The Bertz CT molecular complexity index is 1110. The molecule has 0 aliphatic rings. The first-order valence-electron chi connectivity index (χ1n) is 8.74. The SMILES string of the molecule is Cc1ccc(Nc2ccc(NCCNS(=O)(=O)c3ccccc3C#N)nn2)nc1. The molecule has 148 valence electrons. The summed E-state index contributed by atoms with van der Waals surface area (Å²) in [7, 11) is -3.77.